The number of likely N-dealkylation sites (N-methyl/N-ethyl adjacent to an activating group) is 1. The molecule has 0 aromatic heterocycles. The van der Waals surface area contributed by atoms with Crippen LogP contribution in [0.25, 0.3) is 0 Å². The number of ketones is 1. The Labute approximate surface area is 196 Å². The Bertz CT molecular complexity index is 1170. The quantitative estimate of drug-likeness (QED) is 0.630. The largest absolute Gasteiger partial charge is 0.486 e. The lowest BCUT2D eigenvalue weighted by atomic mass is 10.0. The van der Waals surface area contributed by atoms with Crippen molar-refractivity contribution >= 4 is 29.2 Å². The highest BCUT2D eigenvalue weighted by Gasteiger charge is 2.33. The molecule has 0 radical (unpaired) electrons. The van der Waals surface area contributed by atoms with Crippen LogP contribution in [0.2, 0.25) is 0 Å². The molecule has 2 aromatic carbocycles. The molecule has 9 heteroatoms. The van der Waals surface area contributed by atoms with Gasteiger partial charge < -0.3 is 19.7 Å². The van der Waals surface area contributed by atoms with Gasteiger partial charge in [-0.2, -0.15) is 0 Å². The summed E-state index contributed by atoms with van der Waals surface area (Å²) in [6.07, 6.45) is 0.404. The molecule has 1 fully saturated rings. The maximum atomic E-state index is 14.6. The predicted molar refractivity (Wildman–Crippen MR) is 123 cm³/mol. The second-order valence-electron chi connectivity index (χ2n) is 8.73. The number of anilines is 2. The molecule has 0 bridgehead atoms. The lowest BCUT2D eigenvalue weighted by Crippen LogP contribution is -2.29. The average molecular weight is 467 g/mol. The van der Waals surface area contributed by atoms with E-state index in [4.69, 9.17) is 9.47 Å². The molecule has 1 unspecified atom stereocenters. The van der Waals surface area contributed by atoms with Gasteiger partial charge in [0.1, 0.15) is 24.3 Å². The van der Waals surface area contributed by atoms with E-state index in [1.54, 1.807) is 34.1 Å². The minimum Gasteiger partial charge on any atom is -0.486 e. The van der Waals surface area contributed by atoms with Crippen molar-refractivity contribution in [1.82, 2.24) is 5.32 Å². The molecule has 1 saturated heterocycles. The summed E-state index contributed by atoms with van der Waals surface area (Å²) in [6.45, 7) is 3.64. The van der Waals surface area contributed by atoms with Crippen molar-refractivity contribution in [2.24, 2.45) is 0 Å². The topological polar surface area (TPSA) is 88.2 Å². The zero-order valence-corrected chi connectivity index (χ0v) is 18.9. The van der Waals surface area contributed by atoms with E-state index >= 15 is 0 Å². The van der Waals surface area contributed by atoms with E-state index in [1.165, 1.54) is 6.07 Å². The molecule has 34 heavy (non-hydrogen) atoms. The minimum absolute atomic E-state index is 0.00418. The molecule has 3 aliphatic heterocycles. The Morgan fingerprint density at radius 2 is 1.97 bits per heavy atom. The van der Waals surface area contributed by atoms with Crippen LogP contribution < -0.4 is 19.9 Å². The standard InChI is InChI=1S/C25H26FN3O5/c1-2-28-23(31)11-15-3-5-21(26)20(24(15)28)12-27-8-7-19-13-29(25(32)34-19)17-4-6-22-16(9-17)10-18(30)14-33-22/h3-6,9,19,27H,2,7-8,10-14H2,1H3. The molecule has 2 aromatic rings. The number of halogens is 1. The molecule has 0 saturated carbocycles. The molecule has 3 heterocycles. The Kier molecular flexibility index (Phi) is 5.95. The van der Waals surface area contributed by atoms with Crippen molar-refractivity contribution in [3.05, 3.63) is 52.8 Å². The van der Waals surface area contributed by atoms with Gasteiger partial charge >= 0.3 is 6.09 Å². The molecular weight excluding hydrogens is 441 g/mol. The Balaban J connectivity index is 1.18. The molecule has 1 atom stereocenters. The number of amides is 2. The van der Waals surface area contributed by atoms with Gasteiger partial charge in [-0.15, -0.1) is 0 Å². The predicted octanol–water partition coefficient (Wildman–Crippen LogP) is 2.74. The van der Waals surface area contributed by atoms with E-state index in [0.29, 0.717) is 61.6 Å². The highest BCUT2D eigenvalue weighted by Crippen LogP contribution is 2.34. The third-order valence-electron chi connectivity index (χ3n) is 6.49. The van der Waals surface area contributed by atoms with Crippen LogP contribution in [0, 0.1) is 5.82 Å². The van der Waals surface area contributed by atoms with Crippen LogP contribution >= 0.6 is 0 Å². The molecule has 3 aliphatic rings. The van der Waals surface area contributed by atoms with Crippen molar-refractivity contribution in [2.45, 2.75) is 38.8 Å². The highest BCUT2D eigenvalue weighted by molar-refractivity contribution is 6.02. The molecular formula is C25H26FN3O5. The van der Waals surface area contributed by atoms with Crippen molar-refractivity contribution in [3.8, 4) is 5.75 Å². The summed E-state index contributed by atoms with van der Waals surface area (Å²) >= 11 is 0. The van der Waals surface area contributed by atoms with Crippen LogP contribution in [-0.2, 0) is 33.7 Å². The number of hydrogen-bond donors (Lipinski definition) is 1. The van der Waals surface area contributed by atoms with Gasteiger partial charge in [-0.1, -0.05) is 6.07 Å². The summed E-state index contributed by atoms with van der Waals surface area (Å²) < 4.78 is 25.5. The van der Waals surface area contributed by atoms with E-state index in [1.807, 2.05) is 6.92 Å². The van der Waals surface area contributed by atoms with Gasteiger partial charge in [0, 0.05) is 36.3 Å². The average Bonchev–Trinajstić information content (AvgIpc) is 3.35. The van der Waals surface area contributed by atoms with Crippen LogP contribution in [-0.4, -0.2) is 50.1 Å². The van der Waals surface area contributed by atoms with E-state index in [2.05, 4.69) is 5.32 Å². The van der Waals surface area contributed by atoms with Crippen LogP contribution in [0.15, 0.2) is 30.3 Å². The van der Waals surface area contributed by atoms with Crippen LogP contribution in [0.1, 0.15) is 30.0 Å². The maximum absolute atomic E-state index is 14.6. The van der Waals surface area contributed by atoms with Crippen molar-refractivity contribution in [3.63, 3.8) is 0 Å². The molecule has 5 rings (SSSR count). The van der Waals surface area contributed by atoms with Crippen molar-refractivity contribution in [1.29, 1.82) is 0 Å². The number of fused-ring (bicyclic) bond motifs is 2. The summed E-state index contributed by atoms with van der Waals surface area (Å²) in [5, 5.41) is 3.23. The number of Topliss-reactive ketones (excluding diaryl/α,β-unsaturated/α-hetero) is 1. The summed E-state index contributed by atoms with van der Waals surface area (Å²) in [4.78, 5) is 39.5. The number of cyclic esters (lactones) is 1. The zero-order chi connectivity index (χ0) is 23.8. The van der Waals surface area contributed by atoms with Crippen molar-refractivity contribution in [2.75, 3.05) is 36.0 Å². The fraction of sp³-hybridized carbons (Fsp3) is 0.400. The zero-order valence-electron chi connectivity index (χ0n) is 18.9. The number of rotatable bonds is 7. The van der Waals surface area contributed by atoms with E-state index in [9.17, 15) is 18.8 Å². The van der Waals surface area contributed by atoms with Gasteiger partial charge in [0.25, 0.3) is 0 Å². The Morgan fingerprint density at radius 3 is 2.79 bits per heavy atom. The fourth-order valence-electron chi connectivity index (χ4n) is 4.82. The monoisotopic (exact) mass is 467 g/mol. The number of carbonyl (C=O) groups is 3. The number of carbonyl (C=O) groups excluding carboxylic acids is 3. The highest BCUT2D eigenvalue weighted by atomic mass is 19.1. The first-order valence-electron chi connectivity index (χ1n) is 11.5. The molecule has 8 nitrogen and oxygen atoms in total. The normalized spacial score (nSPS) is 19.2. The summed E-state index contributed by atoms with van der Waals surface area (Å²) in [5.41, 5.74) is 3.45. The van der Waals surface area contributed by atoms with Crippen LogP contribution in [0.5, 0.6) is 5.75 Å². The van der Waals surface area contributed by atoms with Gasteiger partial charge in [0.15, 0.2) is 5.78 Å². The third kappa shape index (κ3) is 4.11. The molecule has 0 spiro atoms. The van der Waals surface area contributed by atoms with Gasteiger partial charge in [0.05, 0.1) is 18.7 Å². The van der Waals surface area contributed by atoms with Gasteiger partial charge in [-0.3, -0.25) is 14.5 Å². The fourth-order valence-corrected chi connectivity index (χ4v) is 4.82. The molecule has 178 valence electrons. The van der Waals surface area contributed by atoms with Gasteiger partial charge in [0.2, 0.25) is 5.91 Å². The second-order valence-corrected chi connectivity index (χ2v) is 8.73. The Morgan fingerprint density at radius 1 is 1.12 bits per heavy atom. The van der Waals surface area contributed by atoms with E-state index in [0.717, 1.165) is 11.1 Å². The summed E-state index contributed by atoms with van der Waals surface area (Å²) in [6, 6.07) is 8.45. The first-order valence-corrected chi connectivity index (χ1v) is 11.5. The summed E-state index contributed by atoms with van der Waals surface area (Å²) in [7, 11) is 0. The molecule has 0 aliphatic carbocycles. The SMILES string of the molecule is CCN1C(=O)Cc2ccc(F)c(CNCCC3CN(c4ccc5c(c4)CC(=O)CO5)C(=O)O3)c21. The Hall–Kier alpha value is -3.46. The van der Waals surface area contributed by atoms with Gasteiger partial charge in [-0.25, -0.2) is 9.18 Å². The smallest absolute Gasteiger partial charge is 0.414 e. The summed E-state index contributed by atoms with van der Waals surface area (Å²) in [5.74, 6) is 0.317. The van der Waals surface area contributed by atoms with Crippen LogP contribution in [0.4, 0.5) is 20.6 Å². The third-order valence-corrected chi connectivity index (χ3v) is 6.49. The number of hydrogen-bond acceptors (Lipinski definition) is 6. The first kappa shape index (κ1) is 22.3. The number of nitrogens with one attached hydrogen (secondary N) is 1. The first-order chi connectivity index (χ1) is 16.4. The number of nitrogens with zero attached hydrogens (tertiary/aromatic N) is 2. The van der Waals surface area contributed by atoms with E-state index in [-0.39, 0.29) is 36.8 Å². The molecule has 2 amide bonds. The maximum Gasteiger partial charge on any atom is 0.414 e. The molecule has 1 N–H and O–H groups in total. The lowest BCUT2D eigenvalue weighted by Gasteiger charge is -2.20. The van der Waals surface area contributed by atoms with Crippen LogP contribution in [0.3, 0.4) is 0 Å². The van der Waals surface area contributed by atoms with Gasteiger partial charge in [-0.05, 0) is 49.7 Å². The van der Waals surface area contributed by atoms with E-state index < -0.39 is 6.09 Å². The van der Waals surface area contributed by atoms with Crippen molar-refractivity contribution < 1.29 is 28.2 Å². The lowest BCUT2D eigenvalue weighted by molar-refractivity contribution is -0.121. The second kappa shape index (κ2) is 9.06. The minimum atomic E-state index is -0.433. The number of ether oxygens (including phenoxy) is 2. The number of benzene rings is 2.